The lowest BCUT2D eigenvalue weighted by Crippen LogP contribution is -2.30. The summed E-state index contributed by atoms with van der Waals surface area (Å²) >= 11 is 5.82. The van der Waals surface area contributed by atoms with Crippen LogP contribution in [0.25, 0.3) is 0 Å². The average Bonchev–Trinajstić information content (AvgIpc) is 3.15. The van der Waals surface area contributed by atoms with Gasteiger partial charge in [0.05, 0.1) is 18.6 Å². The molecular weight excluding hydrogens is 410 g/mol. The van der Waals surface area contributed by atoms with Gasteiger partial charge in [-0.2, -0.15) is 0 Å². The Morgan fingerprint density at radius 1 is 1.03 bits per heavy atom. The highest BCUT2D eigenvalue weighted by molar-refractivity contribution is 6.30. The maximum absolute atomic E-state index is 12.5. The van der Waals surface area contributed by atoms with Crippen LogP contribution >= 0.6 is 11.6 Å². The molecule has 2 atom stereocenters. The molecule has 0 bridgehead atoms. The van der Waals surface area contributed by atoms with E-state index in [0.29, 0.717) is 21.8 Å². The molecule has 2 aromatic carbocycles. The third kappa shape index (κ3) is 4.68. The summed E-state index contributed by atoms with van der Waals surface area (Å²) in [5, 5.41) is 0.500. The molecule has 8 heteroatoms. The Hall–Kier alpha value is -3.19. The van der Waals surface area contributed by atoms with Crippen molar-refractivity contribution in [3.05, 3.63) is 64.7 Å². The number of carbonyl (C=O) groups excluding carboxylic acids is 4. The number of rotatable bonds is 6. The molecule has 7 nitrogen and oxygen atoms in total. The lowest BCUT2D eigenvalue weighted by molar-refractivity contribution is -0.151. The molecule has 1 aliphatic heterocycles. The van der Waals surface area contributed by atoms with Gasteiger partial charge in [0, 0.05) is 29.2 Å². The highest BCUT2D eigenvalue weighted by Crippen LogP contribution is 2.27. The number of halogens is 1. The van der Waals surface area contributed by atoms with Crippen molar-refractivity contribution in [3.8, 4) is 0 Å². The first kappa shape index (κ1) is 21.5. The molecule has 1 saturated heterocycles. The van der Waals surface area contributed by atoms with Gasteiger partial charge in [0.25, 0.3) is 0 Å². The van der Waals surface area contributed by atoms with Crippen molar-refractivity contribution >= 4 is 40.9 Å². The number of ketones is 1. The molecule has 30 heavy (non-hydrogen) atoms. The average molecular weight is 430 g/mol. The van der Waals surface area contributed by atoms with Gasteiger partial charge >= 0.3 is 11.9 Å². The zero-order chi connectivity index (χ0) is 21.8. The lowest BCUT2D eigenvalue weighted by atomic mass is 10.1. The van der Waals surface area contributed by atoms with E-state index in [-0.39, 0.29) is 24.7 Å². The smallest absolute Gasteiger partial charge is 0.337 e. The van der Waals surface area contributed by atoms with E-state index in [1.54, 1.807) is 48.5 Å². The van der Waals surface area contributed by atoms with Crippen molar-refractivity contribution in [1.82, 2.24) is 0 Å². The van der Waals surface area contributed by atoms with E-state index in [2.05, 4.69) is 4.74 Å². The number of nitrogens with zero attached hydrogens (tertiary/aromatic N) is 1. The number of amides is 1. The summed E-state index contributed by atoms with van der Waals surface area (Å²) in [5.74, 6) is -2.35. The third-order valence-electron chi connectivity index (χ3n) is 4.85. The molecule has 1 heterocycles. The van der Waals surface area contributed by atoms with Gasteiger partial charge in [-0.15, -0.1) is 0 Å². The molecule has 0 spiro atoms. The van der Waals surface area contributed by atoms with Gasteiger partial charge < -0.3 is 14.4 Å². The van der Waals surface area contributed by atoms with Crippen molar-refractivity contribution in [3.63, 3.8) is 0 Å². The van der Waals surface area contributed by atoms with Crippen molar-refractivity contribution < 1.29 is 28.7 Å². The maximum Gasteiger partial charge on any atom is 0.337 e. The van der Waals surface area contributed by atoms with Gasteiger partial charge in [-0.1, -0.05) is 11.6 Å². The first-order valence-electron chi connectivity index (χ1n) is 9.29. The van der Waals surface area contributed by atoms with Crippen LogP contribution in [-0.4, -0.2) is 43.4 Å². The molecular formula is C22H20ClNO6. The minimum Gasteiger partial charge on any atom is -0.465 e. The summed E-state index contributed by atoms with van der Waals surface area (Å²) in [5.41, 5.74) is 1.31. The van der Waals surface area contributed by atoms with Crippen molar-refractivity contribution in [2.75, 3.05) is 18.6 Å². The van der Waals surface area contributed by atoms with E-state index in [4.69, 9.17) is 16.3 Å². The van der Waals surface area contributed by atoms with Crippen LogP contribution in [0.5, 0.6) is 0 Å². The van der Waals surface area contributed by atoms with Crippen molar-refractivity contribution in [2.24, 2.45) is 5.92 Å². The van der Waals surface area contributed by atoms with E-state index < -0.39 is 24.0 Å². The minimum atomic E-state index is -0.984. The zero-order valence-corrected chi connectivity index (χ0v) is 17.2. The van der Waals surface area contributed by atoms with Gasteiger partial charge in [-0.3, -0.25) is 14.4 Å². The second-order valence-electron chi connectivity index (χ2n) is 6.89. The molecule has 2 aromatic rings. The Morgan fingerprint density at radius 2 is 1.63 bits per heavy atom. The molecule has 0 saturated carbocycles. The monoisotopic (exact) mass is 429 g/mol. The van der Waals surface area contributed by atoms with Crippen LogP contribution < -0.4 is 4.90 Å². The normalized spacial score (nSPS) is 16.8. The molecule has 0 radical (unpaired) electrons. The Balaban J connectivity index is 1.62. The number of methoxy groups -OCH3 is 1. The quantitative estimate of drug-likeness (QED) is 0.517. The second kappa shape index (κ2) is 9.09. The Labute approximate surface area is 178 Å². The molecule has 0 unspecified atom stereocenters. The number of hydrogen-bond acceptors (Lipinski definition) is 6. The minimum absolute atomic E-state index is 0.0144. The van der Waals surface area contributed by atoms with Crippen molar-refractivity contribution in [1.29, 1.82) is 0 Å². The molecule has 0 aromatic heterocycles. The summed E-state index contributed by atoms with van der Waals surface area (Å²) in [7, 11) is 1.29. The number of esters is 2. The van der Waals surface area contributed by atoms with Gasteiger partial charge in [0.1, 0.15) is 0 Å². The number of carbonyl (C=O) groups is 4. The molecule has 1 amide bonds. The summed E-state index contributed by atoms with van der Waals surface area (Å²) in [6, 6.07) is 12.6. The van der Waals surface area contributed by atoms with E-state index >= 15 is 0 Å². The van der Waals surface area contributed by atoms with E-state index in [9.17, 15) is 19.2 Å². The third-order valence-corrected chi connectivity index (χ3v) is 5.10. The largest absolute Gasteiger partial charge is 0.465 e. The van der Waals surface area contributed by atoms with Crippen LogP contribution in [0.1, 0.15) is 34.1 Å². The summed E-state index contributed by atoms with van der Waals surface area (Å²) in [6.45, 7) is 1.63. The Kier molecular flexibility index (Phi) is 6.52. The second-order valence-corrected chi connectivity index (χ2v) is 7.33. The van der Waals surface area contributed by atoms with Gasteiger partial charge in [0.15, 0.2) is 6.10 Å². The molecule has 0 aliphatic carbocycles. The highest BCUT2D eigenvalue weighted by Gasteiger charge is 2.37. The summed E-state index contributed by atoms with van der Waals surface area (Å²) in [6.07, 6.45) is -0.999. The molecule has 0 N–H and O–H groups in total. The topological polar surface area (TPSA) is 90.0 Å². The molecule has 1 fully saturated rings. The highest BCUT2D eigenvalue weighted by atomic mass is 35.5. The zero-order valence-electron chi connectivity index (χ0n) is 16.5. The fourth-order valence-corrected chi connectivity index (χ4v) is 3.31. The summed E-state index contributed by atoms with van der Waals surface area (Å²) < 4.78 is 9.97. The number of benzene rings is 2. The van der Waals surface area contributed by atoms with E-state index in [1.165, 1.54) is 18.9 Å². The van der Waals surface area contributed by atoms with Gasteiger partial charge in [0.2, 0.25) is 11.7 Å². The summed E-state index contributed by atoms with van der Waals surface area (Å²) in [4.78, 5) is 50.3. The molecule has 156 valence electrons. The van der Waals surface area contributed by atoms with Crippen LogP contribution in [-0.2, 0) is 19.1 Å². The first-order chi connectivity index (χ1) is 14.3. The number of hydrogen-bond donors (Lipinski definition) is 0. The fourth-order valence-electron chi connectivity index (χ4n) is 3.18. The Morgan fingerprint density at radius 3 is 2.23 bits per heavy atom. The van der Waals surface area contributed by atoms with Gasteiger partial charge in [-0.25, -0.2) is 4.79 Å². The molecule has 1 aliphatic rings. The molecule has 3 rings (SSSR count). The predicted octanol–water partition coefficient (Wildman–Crippen LogP) is 3.29. The SMILES string of the molecule is COC(=O)c1ccc(N2C[C@@H](C(=O)O[C@H](C)C(=O)c3ccc(Cl)cc3)CC2=O)cc1. The number of ether oxygens (including phenoxy) is 2. The predicted molar refractivity (Wildman–Crippen MR) is 110 cm³/mol. The lowest BCUT2D eigenvalue weighted by Gasteiger charge is -2.18. The van der Waals surface area contributed by atoms with E-state index in [0.717, 1.165) is 0 Å². The maximum atomic E-state index is 12.5. The standard InChI is InChI=1S/C22H20ClNO6/c1-13(20(26)14-3-7-17(23)8-4-14)30-22(28)16-11-19(25)24(12-16)18-9-5-15(6-10-18)21(27)29-2/h3-10,13,16H,11-12H2,1-2H3/t13-,16+/m1/s1. The van der Waals surface area contributed by atoms with Crippen molar-refractivity contribution in [2.45, 2.75) is 19.4 Å². The number of anilines is 1. The van der Waals surface area contributed by atoms with Gasteiger partial charge in [-0.05, 0) is 55.5 Å². The van der Waals surface area contributed by atoms with E-state index in [1.807, 2.05) is 0 Å². The van der Waals surface area contributed by atoms with Crippen LogP contribution in [0.4, 0.5) is 5.69 Å². The number of Topliss-reactive ketones (excluding diaryl/α,β-unsaturated/α-hetero) is 1. The first-order valence-corrected chi connectivity index (χ1v) is 9.67. The fraction of sp³-hybridized carbons (Fsp3) is 0.273. The van der Waals surface area contributed by atoms with Crippen LogP contribution in [0.2, 0.25) is 5.02 Å². The Bertz CT molecular complexity index is 970. The van der Waals surface area contributed by atoms with Crippen LogP contribution in [0, 0.1) is 5.92 Å². The van der Waals surface area contributed by atoms with Crippen LogP contribution in [0.3, 0.4) is 0 Å². The van der Waals surface area contributed by atoms with Crippen LogP contribution in [0.15, 0.2) is 48.5 Å².